The van der Waals surface area contributed by atoms with Crippen LogP contribution >= 0.6 is 0 Å². The van der Waals surface area contributed by atoms with Crippen LogP contribution in [-0.4, -0.2) is 26.6 Å². The Morgan fingerprint density at radius 3 is 3.00 bits per heavy atom. The number of nitrogens with one attached hydrogen (secondary N) is 1. The van der Waals surface area contributed by atoms with Crippen molar-refractivity contribution in [2.75, 3.05) is 5.32 Å². The van der Waals surface area contributed by atoms with Crippen LogP contribution in [0.3, 0.4) is 0 Å². The summed E-state index contributed by atoms with van der Waals surface area (Å²) in [6.07, 6.45) is 8.52. The molecule has 1 aromatic rings. The van der Waals surface area contributed by atoms with E-state index in [9.17, 15) is 9.59 Å². The van der Waals surface area contributed by atoms with E-state index in [1.807, 2.05) is 0 Å². The number of carboxylic acid groups (broad SMARTS) is 1. The lowest BCUT2D eigenvalue weighted by atomic mass is 9.94. The third-order valence-electron chi connectivity index (χ3n) is 2.84. The first kappa shape index (κ1) is 13.8. The molecule has 0 amide bonds. The topological polar surface area (TPSA) is 84.2 Å². The molecule has 0 spiro atoms. The van der Waals surface area contributed by atoms with E-state index >= 15 is 0 Å². The van der Waals surface area contributed by atoms with E-state index in [0.29, 0.717) is 23.4 Å². The zero-order chi connectivity index (χ0) is 14.5. The van der Waals surface area contributed by atoms with E-state index in [0.717, 1.165) is 0 Å². The molecular formula is C14H15N3O3. The summed E-state index contributed by atoms with van der Waals surface area (Å²) in [5, 5.41) is 15.8. The lowest BCUT2D eigenvalue weighted by Crippen LogP contribution is -2.09. The lowest BCUT2D eigenvalue weighted by molar-refractivity contribution is -0.137. The maximum absolute atomic E-state index is 11.9. The smallest absolute Gasteiger partial charge is 0.303 e. The number of hydrogen-bond donors (Lipinski definition) is 2. The minimum absolute atomic E-state index is 0.00607. The molecule has 2 N–H and O–H groups in total. The quantitative estimate of drug-likeness (QED) is 0.797. The SMILES string of the molecule is Cn1ccc(N/C=C2/C(=O)C=CC=C2CCC(=O)O)n1. The number of nitrogens with zero attached hydrogens (tertiary/aromatic N) is 2. The van der Waals surface area contributed by atoms with Crippen LogP contribution in [0.2, 0.25) is 0 Å². The minimum atomic E-state index is -0.884. The number of carbonyl (C=O) groups excluding carboxylic acids is 1. The van der Waals surface area contributed by atoms with Crippen molar-refractivity contribution in [3.63, 3.8) is 0 Å². The van der Waals surface area contributed by atoms with Gasteiger partial charge >= 0.3 is 5.97 Å². The zero-order valence-electron chi connectivity index (χ0n) is 11.0. The fraction of sp³-hybridized carbons (Fsp3) is 0.214. The van der Waals surface area contributed by atoms with E-state index in [1.54, 1.807) is 42.3 Å². The number of aryl methyl sites for hydroxylation is 1. The van der Waals surface area contributed by atoms with Crippen molar-refractivity contribution in [1.29, 1.82) is 0 Å². The van der Waals surface area contributed by atoms with Crippen molar-refractivity contribution >= 4 is 17.6 Å². The number of rotatable bonds is 5. The molecule has 6 nitrogen and oxygen atoms in total. The summed E-state index contributed by atoms with van der Waals surface area (Å²) in [5.41, 5.74) is 1.18. The second kappa shape index (κ2) is 6.01. The molecule has 0 radical (unpaired) electrons. The van der Waals surface area contributed by atoms with Crippen LogP contribution < -0.4 is 5.32 Å². The van der Waals surface area contributed by atoms with E-state index in [2.05, 4.69) is 10.4 Å². The number of anilines is 1. The predicted octanol–water partition coefficient (Wildman–Crippen LogP) is 1.65. The van der Waals surface area contributed by atoms with Gasteiger partial charge in [0.15, 0.2) is 11.6 Å². The van der Waals surface area contributed by atoms with Gasteiger partial charge in [0.2, 0.25) is 0 Å². The van der Waals surface area contributed by atoms with Crippen molar-refractivity contribution in [2.24, 2.45) is 7.05 Å². The Bertz CT molecular complexity index is 623. The van der Waals surface area contributed by atoms with Gasteiger partial charge in [0, 0.05) is 37.5 Å². The van der Waals surface area contributed by atoms with E-state index in [-0.39, 0.29) is 12.2 Å². The summed E-state index contributed by atoms with van der Waals surface area (Å²) in [6, 6.07) is 1.78. The number of aliphatic carboxylic acids is 1. The van der Waals surface area contributed by atoms with E-state index in [1.165, 1.54) is 6.08 Å². The normalized spacial score (nSPS) is 16.4. The molecule has 2 rings (SSSR count). The first-order valence-electron chi connectivity index (χ1n) is 6.16. The third-order valence-corrected chi connectivity index (χ3v) is 2.84. The summed E-state index contributed by atoms with van der Waals surface area (Å²) in [5.74, 6) is -0.402. The highest BCUT2D eigenvalue weighted by atomic mass is 16.4. The Balaban J connectivity index is 2.13. The van der Waals surface area contributed by atoms with Crippen LogP contribution in [0, 0.1) is 0 Å². The second-order valence-corrected chi connectivity index (χ2v) is 4.39. The summed E-state index contributed by atoms with van der Waals surface area (Å²) >= 11 is 0. The Kier molecular flexibility index (Phi) is 4.14. The van der Waals surface area contributed by atoms with Gasteiger partial charge in [-0.25, -0.2) is 0 Å². The maximum atomic E-state index is 11.9. The Hall–Kier alpha value is -2.63. The first-order chi connectivity index (χ1) is 9.56. The fourth-order valence-corrected chi connectivity index (χ4v) is 1.85. The molecule has 104 valence electrons. The average Bonchev–Trinajstić information content (AvgIpc) is 2.81. The highest BCUT2D eigenvalue weighted by Crippen LogP contribution is 2.21. The highest BCUT2D eigenvalue weighted by Gasteiger charge is 2.16. The standard InChI is InChI=1S/C14H15N3O3/c1-17-8-7-13(16-17)15-9-11-10(5-6-14(19)20)3-2-4-12(11)18/h2-4,7-9H,5-6H2,1H3,(H,15,16)(H,19,20)/b11-9+. The van der Waals surface area contributed by atoms with Gasteiger partial charge < -0.3 is 10.4 Å². The number of aromatic nitrogens is 2. The molecule has 1 heterocycles. The van der Waals surface area contributed by atoms with Crippen LogP contribution in [0.15, 0.2) is 47.8 Å². The van der Waals surface area contributed by atoms with Crippen molar-refractivity contribution in [2.45, 2.75) is 12.8 Å². The fourth-order valence-electron chi connectivity index (χ4n) is 1.85. The van der Waals surface area contributed by atoms with E-state index in [4.69, 9.17) is 5.11 Å². The lowest BCUT2D eigenvalue weighted by Gasteiger charge is -2.11. The summed E-state index contributed by atoms with van der Waals surface area (Å²) < 4.78 is 1.64. The monoisotopic (exact) mass is 273 g/mol. The van der Waals surface area contributed by atoms with Gasteiger partial charge in [-0.05, 0) is 18.1 Å². The number of allylic oxidation sites excluding steroid dienone is 5. The molecule has 0 bridgehead atoms. The van der Waals surface area contributed by atoms with Crippen molar-refractivity contribution in [1.82, 2.24) is 9.78 Å². The van der Waals surface area contributed by atoms with Gasteiger partial charge in [0.05, 0.1) is 0 Å². The molecule has 1 aliphatic rings. The molecule has 0 atom stereocenters. The van der Waals surface area contributed by atoms with Crippen molar-refractivity contribution in [3.8, 4) is 0 Å². The van der Waals surface area contributed by atoms with Gasteiger partial charge in [0.25, 0.3) is 0 Å². The highest BCUT2D eigenvalue weighted by molar-refractivity contribution is 6.08. The van der Waals surface area contributed by atoms with Crippen LogP contribution in [-0.2, 0) is 16.6 Å². The molecule has 0 saturated heterocycles. The van der Waals surface area contributed by atoms with Crippen LogP contribution in [0.1, 0.15) is 12.8 Å². The van der Waals surface area contributed by atoms with Gasteiger partial charge in [-0.15, -0.1) is 0 Å². The van der Waals surface area contributed by atoms with Crippen molar-refractivity contribution < 1.29 is 14.7 Å². The van der Waals surface area contributed by atoms with Crippen molar-refractivity contribution in [3.05, 3.63) is 47.8 Å². The predicted molar refractivity (Wildman–Crippen MR) is 74.0 cm³/mol. The summed E-state index contributed by atoms with van der Waals surface area (Å²) in [4.78, 5) is 22.5. The number of hydrogen-bond acceptors (Lipinski definition) is 4. The molecule has 0 saturated carbocycles. The molecule has 6 heteroatoms. The Morgan fingerprint density at radius 1 is 1.55 bits per heavy atom. The van der Waals surface area contributed by atoms with Gasteiger partial charge in [-0.1, -0.05) is 12.2 Å². The molecule has 0 fully saturated rings. The second-order valence-electron chi connectivity index (χ2n) is 4.39. The molecule has 0 aromatic carbocycles. The van der Waals surface area contributed by atoms with Gasteiger partial charge in [-0.2, -0.15) is 5.10 Å². The molecule has 0 aliphatic heterocycles. The first-order valence-corrected chi connectivity index (χ1v) is 6.16. The molecule has 1 aromatic heterocycles. The molecular weight excluding hydrogens is 258 g/mol. The van der Waals surface area contributed by atoms with Crippen LogP contribution in [0.4, 0.5) is 5.82 Å². The number of ketones is 1. The number of carboxylic acids is 1. The minimum Gasteiger partial charge on any atom is -0.481 e. The summed E-state index contributed by atoms with van der Waals surface area (Å²) in [7, 11) is 1.80. The largest absolute Gasteiger partial charge is 0.481 e. The third kappa shape index (κ3) is 3.44. The van der Waals surface area contributed by atoms with E-state index < -0.39 is 5.97 Å². The van der Waals surface area contributed by atoms with Gasteiger partial charge in [-0.3, -0.25) is 14.3 Å². The Morgan fingerprint density at radius 2 is 2.35 bits per heavy atom. The van der Waals surface area contributed by atoms with Crippen LogP contribution in [0.25, 0.3) is 0 Å². The van der Waals surface area contributed by atoms with Crippen LogP contribution in [0.5, 0.6) is 0 Å². The maximum Gasteiger partial charge on any atom is 0.303 e. The number of carbonyl (C=O) groups is 2. The Labute approximate surface area is 116 Å². The zero-order valence-corrected chi connectivity index (χ0v) is 11.0. The molecule has 1 aliphatic carbocycles. The molecule has 20 heavy (non-hydrogen) atoms. The summed E-state index contributed by atoms with van der Waals surface area (Å²) in [6.45, 7) is 0. The van der Waals surface area contributed by atoms with Gasteiger partial charge in [0.1, 0.15) is 0 Å². The molecule has 0 unspecified atom stereocenters. The average molecular weight is 273 g/mol.